The lowest BCUT2D eigenvalue weighted by molar-refractivity contribution is -0.257. The van der Waals surface area contributed by atoms with Crippen LogP contribution in [0.1, 0.15) is 154 Å². The van der Waals surface area contributed by atoms with Crippen LogP contribution in [0.2, 0.25) is 0 Å². The van der Waals surface area contributed by atoms with Gasteiger partial charge >= 0.3 is 0 Å². The maximum Gasteiger partial charge on any atom is 0.227 e. The molecule has 668 valence electrons. The number of carbonyl (C=O) groups excluding carboxylic acids is 11. The van der Waals surface area contributed by atoms with Gasteiger partial charge in [0.25, 0.3) is 0 Å². The lowest BCUT2D eigenvalue weighted by Crippen LogP contribution is -2.49. The summed E-state index contributed by atoms with van der Waals surface area (Å²) < 4.78 is 19.6. The predicted molar refractivity (Wildman–Crippen MR) is 479 cm³/mol. The van der Waals surface area contributed by atoms with Crippen LogP contribution in [0, 0.1) is 29.6 Å². The van der Waals surface area contributed by atoms with Crippen LogP contribution in [-0.2, 0) is 104 Å². The summed E-state index contributed by atoms with van der Waals surface area (Å²) in [6.45, 7) is 0.371. The van der Waals surface area contributed by atoms with E-state index in [0.717, 1.165) is 5.56 Å². The zero-order valence-corrected chi connectivity index (χ0v) is 71.3. The largest absolute Gasteiger partial charge is 0.507 e. The Morgan fingerprint density at radius 1 is 0.574 bits per heavy atom. The number of amides is 3. The van der Waals surface area contributed by atoms with E-state index in [1.807, 2.05) is 12.1 Å². The highest BCUT2D eigenvalue weighted by Crippen LogP contribution is 2.53. The number of phenolic OH excluding ortho intramolecular Hbond substituents is 2. The average molecular weight is 1750 g/mol. The zero-order valence-electron chi connectivity index (χ0n) is 71.3. The van der Waals surface area contributed by atoms with Gasteiger partial charge in [0, 0.05) is 151 Å². The smallest absolute Gasteiger partial charge is 0.227 e. The quantitative estimate of drug-likeness (QED) is 0.0127. The molecule has 30 heteroatoms. The molecule has 0 bridgehead atoms. The van der Waals surface area contributed by atoms with Gasteiger partial charge in [-0.05, 0) is 151 Å². The molecule has 129 heavy (non-hydrogen) atoms. The number of anilines is 6. The van der Waals surface area contributed by atoms with Gasteiger partial charge in [0.2, 0.25) is 23.5 Å². The molecule has 10 aromatic rings. The number of primary amides is 1. The van der Waals surface area contributed by atoms with Crippen molar-refractivity contribution in [2.45, 2.75) is 159 Å². The Morgan fingerprint density at radius 2 is 1.06 bits per heavy atom. The molecule has 11 atom stereocenters. The normalized spacial score (nSPS) is 18.5. The molecule has 1 saturated heterocycles. The molecule has 0 saturated carbocycles. The first-order valence-electron chi connectivity index (χ1n) is 42.9. The number of nitrogens with zero attached hydrogens (tertiary/aromatic N) is 4. The molecule has 18 N–H and O–H groups in total. The summed E-state index contributed by atoms with van der Waals surface area (Å²) in [6, 6.07) is 51.4. The number of ketones is 8. The number of hydrogen-bond acceptors (Lipinski definition) is 26. The van der Waals surface area contributed by atoms with Gasteiger partial charge in [-0.1, -0.05) is 120 Å². The maximum absolute atomic E-state index is 15.5. The zero-order chi connectivity index (χ0) is 91.8. The first-order valence-corrected chi connectivity index (χ1v) is 42.9. The number of benzene rings is 9. The molecular weight excluding hydrogens is 1650 g/mol. The lowest BCUT2D eigenvalue weighted by atomic mass is 9.72. The summed E-state index contributed by atoms with van der Waals surface area (Å²) >= 11 is 0. The molecule has 1 aromatic heterocycles. The second-order valence-electron chi connectivity index (χ2n) is 34.1. The number of methoxy groups -OCH3 is 1. The number of ether oxygens (including phenoxy) is 3. The van der Waals surface area contributed by atoms with E-state index in [9.17, 15) is 59.1 Å². The van der Waals surface area contributed by atoms with Gasteiger partial charge in [-0.25, -0.2) is 4.68 Å². The van der Waals surface area contributed by atoms with Crippen LogP contribution < -0.4 is 49.4 Å². The number of nitrogens with one attached hydrogen (secondary N) is 1. The summed E-state index contributed by atoms with van der Waals surface area (Å²) in [4.78, 5) is 162. The van der Waals surface area contributed by atoms with Gasteiger partial charge in [0.15, 0.2) is 23.6 Å². The van der Waals surface area contributed by atoms with Crippen molar-refractivity contribution in [2.24, 2.45) is 35.3 Å². The Balaban J connectivity index is 0.669. The number of aliphatic hydroxyl groups excluding tert-OH is 2. The van der Waals surface area contributed by atoms with Crippen LogP contribution in [0.4, 0.5) is 34.1 Å². The van der Waals surface area contributed by atoms with E-state index in [1.165, 1.54) is 25.3 Å². The second-order valence-corrected chi connectivity index (χ2v) is 34.1. The molecule has 1 fully saturated rings. The van der Waals surface area contributed by atoms with Crippen LogP contribution in [0.15, 0.2) is 188 Å². The molecule has 2 aliphatic carbocycles. The Bertz CT molecular complexity index is 5960. The maximum atomic E-state index is 15.5. The van der Waals surface area contributed by atoms with Crippen molar-refractivity contribution < 1.29 is 92.5 Å². The van der Waals surface area contributed by atoms with Crippen molar-refractivity contribution in [3.63, 3.8) is 0 Å². The van der Waals surface area contributed by atoms with Crippen molar-refractivity contribution in [3.8, 4) is 39.8 Å². The molecule has 3 amide bonds. The first-order chi connectivity index (χ1) is 61.8. The number of Topliss-reactive ketones (excluding diaryl/α,β-unsaturated/α-hetero) is 6. The van der Waals surface area contributed by atoms with Crippen molar-refractivity contribution >= 4 is 98.1 Å². The molecule has 4 aliphatic rings. The van der Waals surface area contributed by atoms with Gasteiger partial charge in [0.05, 0.1) is 72.6 Å². The summed E-state index contributed by atoms with van der Waals surface area (Å²) in [6.07, 6.45) is -8.92. The van der Waals surface area contributed by atoms with Gasteiger partial charge in [0.1, 0.15) is 58.3 Å². The Hall–Kier alpha value is -13.9. The lowest BCUT2D eigenvalue weighted by Gasteiger charge is -2.42. The minimum atomic E-state index is -2.44. The molecule has 30 nitrogen and oxygen atoms in total. The van der Waals surface area contributed by atoms with Crippen LogP contribution >= 0.6 is 0 Å². The van der Waals surface area contributed by atoms with E-state index < -0.39 is 179 Å². The number of nitrogens with two attached hydrogens (primary N) is 6. The average Bonchev–Trinajstić information content (AvgIpc) is 1.16. The van der Waals surface area contributed by atoms with Crippen molar-refractivity contribution in [1.29, 1.82) is 0 Å². The van der Waals surface area contributed by atoms with E-state index in [-0.39, 0.29) is 124 Å². The molecule has 14 rings (SSSR count). The van der Waals surface area contributed by atoms with Gasteiger partial charge in [-0.2, -0.15) is 0 Å². The van der Waals surface area contributed by atoms with Crippen LogP contribution in [0.5, 0.6) is 17.2 Å². The number of fused-ring (bicyclic) bond motifs is 8. The third-order valence-electron chi connectivity index (χ3n) is 25.2. The Morgan fingerprint density at radius 3 is 1.60 bits per heavy atom. The van der Waals surface area contributed by atoms with E-state index in [4.69, 9.17) is 48.6 Å². The Labute approximate surface area is 743 Å². The topological polar surface area (TPSA) is 519 Å². The summed E-state index contributed by atoms with van der Waals surface area (Å²) in [5, 5.41) is 70.0. The van der Waals surface area contributed by atoms with Crippen LogP contribution in [0.3, 0.4) is 0 Å². The highest BCUT2D eigenvalue weighted by Gasteiger charge is 2.51. The van der Waals surface area contributed by atoms with E-state index in [0.29, 0.717) is 84.5 Å². The molecule has 5 unspecified atom stereocenters. The highest BCUT2D eigenvalue weighted by atomic mass is 16.7. The molecular formula is C99H103N11O19. The van der Waals surface area contributed by atoms with Crippen LogP contribution in [0.25, 0.3) is 22.5 Å². The minimum absolute atomic E-state index is 0.0119. The number of nitrogen functional groups attached to an aromatic ring is 5. The SMILES string of the molecule is COc1cccc2c1C(=O)c1c(O)c3c(c(O)c1C2=O)C[C@@](O)(C(=O)CO)C[C@@H]3O[C@H]1C[C@H](CC(=O)CCn2nnc3c2-c2ccccc2CN(C(=O)CCC(=O)NC(Cc2ccc(N)cc2)C(=O)CC(Cc2ccc(N)cc2)C(=O)CC(Cc2ccc(N)cc2)C(=O)CC(Cc2ccc(N)cc2)C(=O)CC(Cc2ccc(N)cc2)C(N)=O)c2ccccc2-3)[C@@H](O)[C@H](C)O1. The number of aromatic hydroxyl groups is 2. The number of carbonyl (C=O) groups is 11. The molecule has 3 heterocycles. The van der Waals surface area contributed by atoms with Crippen LogP contribution in [-0.4, -0.2) is 148 Å². The number of aryl methyl sites for hydroxylation is 1. The highest BCUT2D eigenvalue weighted by molar-refractivity contribution is 6.31. The van der Waals surface area contributed by atoms with E-state index in [2.05, 4.69) is 15.6 Å². The number of hydrogen-bond donors (Lipinski definition) is 12. The minimum Gasteiger partial charge on any atom is -0.507 e. The van der Waals surface area contributed by atoms with E-state index >= 15 is 19.2 Å². The van der Waals surface area contributed by atoms with Gasteiger partial charge in [-0.15, -0.1) is 5.10 Å². The fraction of sp³-hybridized carbons (Fsp3) is 0.323. The summed E-state index contributed by atoms with van der Waals surface area (Å²) in [5.74, 6) is -13.2. The summed E-state index contributed by atoms with van der Waals surface area (Å²) in [7, 11) is 1.29. The molecule has 9 aromatic carbocycles. The number of aliphatic hydroxyl groups is 3. The third kappa shape index (κ3) is 20.7. The number of rotatable bonds is 37. The monoisotopic (exact) mass is 1750 g/mol. The predicted octanol–water partition coefficient (Wildman–Crippen LogP) is 9.29. The fourth-order valence-electron chi connectivity index (χ4n) is 18.1. The fourth-order valence-corrected chi connectivity index (χ4v) is 18.1. The second kappa shape index (κ2) is 39.5. The standard InChI is InChI=1S/C99H103N11O19/c1-53-93(120)63(48-86(128-53)129-82-50-99(126,83(117)52-111)49-74-88(82)97(124)90-89(95(74)122)94(121)73-11-7-13-81(127-2)87(73)96(90)123)43-70(112)36-37-110-92-71-9-4-3-8-59(71)51-109(76-12-6-5-10-72(76)91(92)107-108-110)85(119)35-34-84(118)106-75(42-58-22-32-69(104)33-23-58)80(116)46-62(40-56-18-28-67(102)29-19-56)78(114)44-60(38-54-14-24-65(100)25-15-54)77(113)45-61(39-55-16-26-66(101)27-17-55)79(115)47-64(98(105)125)41-57-20-30-68(103)31-21-57/h3-33,53,60-64,75,82,86,93,111,120,122,124,126H,34-52,100-104H2,1-2H3,(H2,105,125)(H,106,118)/t53-,60?,61?,62?,63-,64?,75?,82-,86-,93-,99-/m0/s1. The number of phenols is 2. The number of aromatic nitrogens is 3. The third-order valence-corrected chi connectivity index (χ3v) is 25.2. The Kier molecular flexibility index (Phi) is 28.0. The summed E-state index contributed by atoms with van der Waals surface area (Å²) in [5.41, 5.74) is 40.7. The molecule has 2 aliphatic heterocycles. The molecule has 0 radical (unpaired) electrons. The first kappa shape index (κ1) is 91.3. The van der Waals surface area contributed by atoms with E-state index in [1.54, 1.807) is 174 Å². The molecule has 0 spiro atoms. The van der Waals surface area contributed by atoms with Crippen molar-refractivity contribution in [1.82, 2.24) is 20.3 Å². The van der Waals surface area contributed by atoms with Gasteiger partial charge < -0.3 is 84.4 Å². The van der Waals surface area contributed by atoms with Gasteiger partial charge in [-0.3, -0.25) is 52.7 Å². The van der Waals surface area contributed by atoms with Crippen molar-refractivity contribution in [3.05, 3.63) is 255 Å². The van der Waals surface area contributed by atoms with Crippen molar-refractivity contribution in [2.75, 3.05) is 47.3 Å². The number of para-hydroxylation sites is 1.